The molecule has 0 aromatic heterocycles. The highest BCUT2D eigenvalue weighted by atomic mass is 16.5. The van der Waals surface area contributed by atoms with Crippen LogP contribution in [0.2, 0.25) is 0 Å². The summed E-state index contributed by atoms with van der Waals surface area (Å²) in [5, 5.41) is 10.9. The third-order valence-electron chi connectivity index (χ3n) is 4.53. The number of ether oxygens (including phenoxy) is 2. The summed E-state index contributed by atoms with van der Waals surface area (Å²) in [6, 6.07) is 6.06. The van der Waals surface area contributed by atoms with Crippen LogP contribution in [0.5, 0.6) is 5.75 Å². The second-order valence-electron chi connectivity index (χ2n) is 5.73. The quantitative estimate of drug-likeness (QED) is 0.906. The molecule has 1 fully saturated rings. The van der Waals surface area contributed by atoms with Crippen molar-refractivity contribution in [2.45, 2.75) is 50.2 Å². The zero-order valence-electron chi connectivity index (χ0n) is 11.5. The van der Waals surface area contributed by atoms with E-state index in [1.807, 2.05) is 12.1 Å². The molecule has 19 heavy (non-hydrogen) atoms. The Morgan fingerprint density at radius 1 is 1.47 bits per heavy atom. The van der Waals surface area contributed by atoms with E-state index in [1.165, 1.54) is 5.56 Å². The first kappa shape index (κ1) is 12.9. The number of rotatable bonds is 4. The summed E-state index contributed by atoms with van der Waals surface area (Å²) in [6.45, 7) is 0.882. The van der Waals surface area contributed by atoms with E-state index in [4.69, 9.17) is 9.47 Å². The fraction of sp³-hybridized carbons (Fsp3) is 0.625. The highest BCUT2D eigenvalue weighted by Crippen LogP contribution is 2.42. The molecule has 0 bridgehead atoms. The number of aliphatic hydroxyl groups is 1. The van der Waals surface area contributed by atoms with Gasteiger partial charge in [-0.15, -0.1) is 0 Å². The average molecular weight is 262 g/mol. The topological polar surface area (TPSA) is 38.7 Å². The van der Waals surface area contributed by atoms with Gasteiger partial charge in [0, 0.05) is 6.61 Å². The van der Waals surface area contributed by atoms with E-state index in [0.29, 0.717) is 6.10 Å². The summed E-state index contributed by atoms with van der Waals surface area (Å²) >= 11 is 0. The molecule has 2 unspecified atom stereocenters. The Morgan fingerprint density at radius 2 is 2.37 bits per heavy atom. The van der Waals surface area contributed by atoms with Crippen molar-refractivity contribution >= 4 is 0 Å². The zero-order valence-corrected chi connectivity index (χ0v) is 11.5. The fourth-order valence-electron chi connectivity index (χ4n) is 3.34. The van der Waals surface area contributed by atoms with E-state index >= 15 is 0 Å². The SMILES string of the molecule is COc1ccc2c(c1)C(O)(CCC1CCCO1)CC2. The van der Waals surface area contributed by atoms with Crippen molar-refractivity contribution in [3.63, 3.8) is 0 Å². The Kier molecular flexibility index (Phi) is 3.50. The summed E-state index contributed by atoms with van der Waals surface area (Å²) in [6.07, 6.45) is 6.17. The summed E-state index contributed by atoms with van der Waals surface area (Å²) in [5.41, 5.74) is 1.64. The van der Waals surface area contributed by atoms with Crippen molar-refractivity contribution in [3.05, 3.63) is 29.3 Å². The number of benzene rings is 1. The van der Waals surface area contributed by atoms with Crippen LogP contribution in [0.1, 0.15) is 43.2 Å². The summed E-state index contributed by atoms with van der Waals surface area (Å²) in [4.78, 5) is 0. The Bertz CT molecular complexity index is 451. The minimum absolute atomic E-state index is 0.346. The molecule has 0 saturated carbocycles. The maximum absolute atomic E-state index is 10.9. The van der Waals surface area contributed by atoms with Gasteiger partial charge < -0.3 is 14.6 Å². The van der Waals surface area contributed by atoms with Gasteiger partial charge in [0.25, 0.3) is 0 Å². The molecule has 1 aromatic carbocycles. The molecule has 2 atom stereocenters. The lowest BCUT2D eigenvalue weighted by Crippen LogP contribution is -2.24. The van der Waals surface area contributed by atoms with Crippen molar-refractivity contribution in [3.8, 4) is 5.75 Å². The molecule has 3 heteroatoms. The summed E-state index contributed by atoms with van der Waals surface area (Å²) < 4.78 is 10.9. The third kappa shape index (κ3) is 2.49. The van der Waals surface area contributed by atoms with Crippen LogP contribution in [-0.4, -0.2) is 24.9 Å². The van der Waals surface area contributed by atoms with Gasteiger partial charge in [0.05, 0.1) is 18.8 Å². The molecule has 1 heterocycles. The molecular formula is C16H22O3. The normalized spacial score (nSPS) is 29.5. The molecule has 0 radical (unpaired) electrons. The lowest BCUT2D eigenvalue weighted by molar-refractivity contribution is 0.00802. The van der Waals surface area contributed by atoms with Crippen LogP contribution in [0.3, 0.4) is 0 Å². The molecule has 3 nitrogen and oxygen atoms in total. The first-order chi connectivity index (χ1) is 9.21. The van der Waals surface area contributed by atoms with E-state index in [-0.39, 0.29) is 0 Å². The Balaban J connectivity index is 1.74. The highest BCUT2D eigenvalue weighted by molar-refractivity contribution is 5.42. The molecule has 104 valence electrons. The molecule has 1 aromatic rings. The molecule has 0 amide bonds. The summed E-state index contributed by atoms with van der Waals surface area (Å²) in [7, 11) is 1.67. The molecule has 1 aliphatic carbocycles. The lowest BCUT2D eigenvalue weighted by Gasteiger charge is -2.25. The van der Waals surface area contributed by atoms with Crippen LogP contribution >= 0.6 is 0 Å². The maximum atomic E-state index is 10.9. The van der Waals surface area contributed by atoms with Gasteiger partial charge in [0.2, 0.25) is 0 Å². The van der Waals surface area contributed by atoms with Gasteiger partial charge in [-0.1, -0.05) is 6.07 Å². The second-order valence-corrected chi connectivity index (χ2v) is 5.73. The zero-order chi connectivity index (χ0) is 13.3. The van der Waals surface area contributed by atoms with Gasteiger partial charge in [-0.3, -0.25) is 0 Å². The monoisotopic (exact) mass is 262 g/mol. The van der Waals surface area contributed by atoms with Crippen molar-refractivity contribution in [1.82, 2.24) is 0 Å². The van der Waals surface area contributed by atoms with Crippen LogP contribution in [0.15, 0.2) is 18.2 Å². The third-order valence-corrected chi connectivity index (χ3v) is 4.53. The highest BCUT2D eigenvalue weighted by Gasteiger charge is 2.37. The predicted octanol–water partition coefficient (Wildman–Crippen LogP) is 2.79. The molecule has 1 N–H and O–H groups in total. The van der Waals surface area contributed by atoms with E-state index in [2.05, 4.69) is 6.07 Å². The second kappa shape index (κ2) is 5.14. The minimum Gasteiger partial charge on any atom is -0.497 e. The first-order valence-electron chi connectivity index (χ1n) is 7.23. The van der Waals surface area contributed by atoms with Crippen molar-refractivity contribution < 1.29 is 14.6 Å². The standard InChI is InChI=1S/C16H22O3/c1-18-14-5-4-12-6-8-16(17,15(12)11-14)9-7-13-3-2-10-19-13/h4-5,11,13,17H,2-3,6-10H2,1H3. The molecule has 3 rings (SSSR count). The van der Waals surface area contributed by atoms with Crippen molar-refractivity contribution in [2.75, 3.05) is 13.7 Å². The number of aryl methyl sites for hydroxylation is 1. The summed E-state index contributed by atoms with van der Waals surface area (Å²) in [5.74, 6) is 0.830. The Hall–Kier alpha value is -1.06. The number of hydrogen-bond acceptors (Lipinski definition) is 3. The Morgan fingerprint density at radius 3 is 3.11 bits per heavy atom. The lowest BCUT2D eigenvalue weighted by atomic mass is 9.89. The average Bonchev–Trinajstić information content (AvgIpc) is 3.05. The fourth-order valence-corrected chi connectivity index (χ4v) is 3.34. The van der Waals surface area contributed by atoms with Gasteiger partial charge in [-0.2, -0.15) is 0 Å². The van der Waals surface area contributed by atoms with E-state index in [9.17, 15) is 5.11 Å². The number of hydrogen-bond donors (Lipinski definition) is 1. The number of methoxy groups -OCH3 is 1. The molecular weight excluding hydrogens is 240 g/mol. The van der Waals surface area contributed by atoms with Gasteiger partial charge >= 0.3 is 0 Å². The van der Waals surface area contributed by atoms with Crippen molar-refractivity contribution in [2.24, 2.45) is 0 Å². The van der Waals surface area contributed by atoms with Gasteiger partial charge in [0.1, 0.15) is 5.75 Å². The largest absolute Gasteiger partial charge is 0.497 e. The van der Waals surface area contributed by atoms with Gasteiger partial charge in [-0.05, 0) is 61.8 Å². The molecule has 1 aliphatic heterocycles. The van der Waals surface area contributed by atoms with Crippen LogP contribution in [0, 0.1) is 0 Å². The van der Waals surface area contributed by atoms with E-state index < -0.39 is 5.60 Å². The van der Waals surface area contributed by atoms with Crippen LogP contribution in [0.25, 0.3) is 0 Å². The molecule has 2 aliphatic rings. The number of fused-ring (bicyclic) bond motifs is 1. The predicted molar refractivity (Wildman–Crippen MR) is 73.4 cm³/mol. The molecule has 1 saturated heterocycles. The van der Waals surface area contributed by atoms with Crippen molar-refractivity contribution in [1.29, 1.82) is 0 Å². The Labute approximate surface area is 114 Å². The van der Waals surface area contributed by atoms with Gasteiger partial charge in [-0.25, -0.2) is 0 Å². The first-order valence-corrected chi connectivity index (χ1v) is 7.23. The van der Waals surface area contributed by atoms with Gasteiger partial charge in [0.15, 0.2) is 0 Å². The van der Waals surface area contributed by atoms with E-state index in [0.717, 1.165) is 56.4 Å². The smallest absolute Gasteiger partial charge is 0.119 e. The van der Waals surface area contributed by atoms with Crippen LogP contribution < -0.4 is 4.74 Å². The van der Waals surface area contributed by atoms with Crippen LogP contribution in [0.4, 0.5) is 0 Å². The molecule has 0 spiro atoms. The maximum Gasteiger partial charge on any atom is 0.119 e. The van der Waals surface area contributed by atoms with Crippen LogP contribution in [-0.2, 0) is 16.8 Å². The van der Waals surface area contributed by atoms with E-state index in [1.54, 1.807) is 7.11 Å². The minimum atomic E-state index is -0.685.